The fraction of sp³-hybridized carbons (Fsp3) is 0.125. The molecule has 0 radical (unpaired) electrons. The van der Waals surface area contributed by atoms with Crippen LogP contribution in [0.4, 0.5) is 11.4 Å². The molecule has 1 atom stereocenters. The molecule has 0 aliphatic heterocycles. The van der Waals surface area contributed by atoms with Crippen LogP contribution in [0.25, 0.3) is 0 Å². The zero-order valence-corrected chi connectivity index (χ0v) is 16.6. The SMILES string of the molecule is COc1ccc(N[C@H](C)C(=O)Nc2ccc3c(c2)C(=O)c2ccccc2C3=O)cc1. The Labute approximate surface area is 173 Å². The van der Waals surface area contributed by atoms with Crippen molar-refractivity contribution in [3.63, 3.8) is 0 Å². The van der Waals surface area contributed by atoms with Gasteiger partial charge in [0.05, 0.1) is 7.11 Å². The van der Waals surface area contributed by atoms with Crippen molar-refractivity contribution in [1.82, 2.24) is 0 Å². The number of ether oxygens (including phenoxy) is 1. The van der Waals surface area contributed by atoms with Gasteiger partial charge in [0.1, 0.15) is 11.8 Å². The van der Waals surface area contributed by atoms with Crippen LogP contribution in [-0.2, 0) is 4.79 Å². The third kappa shape index (κ3) is 3.55. The fourth-order valence-corrected chi connectivity index (χ4v) is 3.43. The molecule has 2 N–H and O–H groups in total. The van der Waals surface area contributed by atoms with Crippen molar-refractivity contribution in [2.75, 3.05) is 17.7 Å². The highest BCUT2D eigenvalue weighted by Crippen LogP contribution is 2.29. The molecule has 1 aliphatic rings. The van der Waals surface area contributed by atoms with E-state index in [0.717, 1.165) is 11.4 Å². The largest absolute Gasteiger partial charge is 0.497 e. The van der Waals surface area contributed by atoms with Crippen molar-refractivity contribution in [2.45, 2.75) is 13.0 Å². The molecule has 3 aromatic rings. The average Bonchev–Trinajstić information content (AvgIpc) is 2.78. The molecular weight excluding hydrogens is 380 g/mol. The maximum atomic E-state index is 12.8. The highest BCUT2D eigenvalue weighted by molar-refractivity contribution is 6.28. The van der Waals surface area contributed by atoms with Gasteiger partial charge in [-0.15, -0.1) is 0 Å². The predicted molar refractivity (Wildman–Crippen MR) is 114 cm³/mol. The summed E-state index contributed by atoms with van der Waals surface area (Å²) in [5.74, 6) is 0.0570. The second-order valence-electron chi connectivity index (χ2n) is 7.05. The number of carbonyl (C=O) groups is 3. The van der Waals surface area contributed by atoms with E-state index < -0.39 is 6.04 Å². The number of fused-ring (bicyclic) bond motifs is 2. The first-order chi connectivity index (χ1) is 14.5. The summed E-state index contributed by atoms with van der Waals surface area (Å²) >= 11 is 0. The second kappa shape index (κ2) is 7.83. The van der Waals surface area contributed by atoms with Crippen molar-refractivity contribution in [2.24, 2.45) is 0 Å². The third-order valence-corrected chi connectivity index (χ3v) is 5.06. The number of nitrogens with one attached hydrogen (secondary N) is 2. The van der Waals surface area contributed by atoms with Gasteiger partial charge < -0.3 is 15.4 Å². The summed E-state index contributed by atoms with van der Waals surface area (Å²) in [6.45, 7) is 1.74. The van der Waals surface area contributed by atoms with Crippen LogP contribution in [0.5, 0.6) is 5.75 Å². The van der Waals surface area contributed by atoms with Gasteiger partial charge in [0.2, 0.25) is 5.91 Å². The number of benzene rings is 3. The number of hydrogen-bond acceptors (Lipinski definition) is 5. The lowest BCUT2D eigenvalue weighted by Gasteiger charge is -2.19. The first kappa shape index (κ1) is 19.4. The molecule has 1 aliphatic carbocycles. The molecule has 6 heteroatoms. The third-order valence-electron chi connectivity index (χ3n) is 5.06. The molecule has 0 unspecified atom stereocenters. The summed E-state index contributed by atoms with van der Waals surface area (Å²) in [7, 11) is 1.59. The van der Waals surface area contributed by atoms with E-state index >= 15 is 0 Å². The van der Waals surface area contributed by atoms with Crippen LogP contribution in [0.15, 0.2) is 66.7 Å². The van der Waals surface area contributed by atoms with Gasteiger partial charge in [0.15, 0.2) is 11.6 Å². The number of anilines is 2. The van der Waals surface area contributed by atoms with E-state index in [4.69, 9.17) is 4.74 Å². The quantitative estimate of drug-likeness (QED) is 0.531. The van der Waals surface area contributed by atoms with Gasteiger partial charge in [-0.25, -0.2) is 0 Å². The Bertz CT molecular complexity index is 1150. The van der Waals surface area contributed by atoms with Crippen LogP contribution in [0, 0.1) is 0 Å². The molecule has 0 spiro atoms. The molecule has 0 saturated heterocycles. The Balaban J connectivity index is 1.50. The van der Waals surface area contributed by atoms with Crippen molar-refractivity contribution < 1.29 is 19.1 Å². The van der Waals surface area contributed by atoms with E-state index in [0.29, 0.717) is 27.9 Å². The lowest BCUT2D eigenvalue weighted by molar-refractivity contribution is -0.116. The molecule has 4 rings (SSSR count). The van der Waals surface area contributed by atoms with E-state index in [-0.39, 0.29) is 17.5 Å². The highest BCUT2D eigenvalue weighted by atomic mass is 16.5. The minimum absolute atomic E-state index is 0.187. The van der Waals surface area contributed by atoms with Crippen molar-refractivity contribution in [1.29, 1.82) is 0 Å². The van der Waals surface area contributed by atoms with E-state index in [1.165, 1.54) is 0 Å². The Morgan fingerprint density at radius 1 is 0.800 bits per heavy atom. The van der Waals surface area contributed by atoms with Gasteiger partial charge in [-0.1, -0.05) is 24.3 Å². The minimum Gasteiger partial charge on any atom is -0.497 e. The normalized spacial score (nSPS) is 13.1. The number of carbonyl (C=O) groups excluding carboxylic acids is 3. The Morgan fingerprint density at radius 3 is 2.00 bits per heavy atom. The summed E-state index contributed by atoms with van der Waals surface area (Å²) in [6.07, 6.45) is 0. The van der Waals surface area contributed by atoms with Crippen molar-refractivity contribution >= 4 is 28.8 Å². The number of methoxy groups -OCH3 is 1. The standard InChI is InChI=1S/C24H20N2O4/c1-14(25-15-7-10-17(30-2)11-8-15)24(29)26-16-9-12-20-21(13-16)23(28)19-6-4-3-5-18(19)22(20)27/h3-14,25H,1-2H3,(H,26,29)/t14-/m1/s1. The van der Waals surface area contributed by atoms with Crippen LogP contribution >= 0.6 is 0 Å². The van der Waals surface area contributed by atoms with E-state index in [9.17, 15) is 14.4 Å². The molecule has 0 saturated carbocycles. The Kier molecular flexibility index (Phi) is 5.06. The first-order valence-electron chi connectivity index (χ1n) is 9.52. The van der Waals surface area contributed by atoms with E-state index in [1.807, 2.05) is 12.1 Å². The average molecular weight is 400 g/mol. The maximum Gasteiger partial charge on any atom is 0.246 e. The molecule has 3 aromatic carbocycles. The molecule has 150 valence electrons. The zero-order chi connectivity index (χ0) is 21.3. The maximum absolute atomic E-state index is 12.8. The minimum atomic E-state index is -0.521. The lowest BCUT2D eigenvalue weighted by atomic mass is 9.84. The van der Waals surface area contributed by atoms with Gasteiger partial charge in [0, 0.05) is 33.6 Å². The number of rotatable bonds is 5. The van der Waals surface area contributed by atoms with Crippen LogP contribution in [0.2, 0.25) is 0 Å². The van der Waals surface area contributed by atoms with Gasteiger partial charge in [0.25, 0.3) is 0 Å². The zero-order valence-electron chi connectivity index (χ0n) is 16.6. The first-order valence-corrected chi connectivity index (χ1v) is 9.52. The summed E-state index contributed by atoms with van der Waals surface area (Å²) in [5.41, 5.74) is 2.68. The van der Waals surface area contributed by atoms with Crippen LogP contribution < -0.4 is 15.4 Å². The van der Waals surface area contributed by atoms with Gasteiger partial charge in [-0.3, -0.25) is 14.4 Å². The number of amides is 1. The van der Waals surface area contributed by atoms with Gasteiger partial charge in [-0.05, 0) is 49.4 Å². The fourth-order valence-electron chi connectivity index (χ4n) is 3.43. The predicted octanol–water partition coefficient (Wildman–Crippen LogP) is 3.91. The van der Waals surface area contributed by atoms with Crippen LogP contribution in [0.3, 0.4) is 0 Å². The molecular formula is C24H20N2O4. The second-order valence-corrected chi connectivity index (χ2v) is 7.05. The molecule has 1 amide bonds. The summed E-state index contributed by atoms with van der Waals surface area (Å²) in [4.78, 5) is 38.1. The summed E-state index contributed by atoms with van der Waals surface area (Å²) < 4.78 is 5.13. The van der Waals surface area contributed by atoms with Crippen molar-refractivity contribution in [3.8, 4) is 5.75 Å². The van der Waals surface area contributed by atoms with Crippen LogP contribution in [-0.4, -0.2) is 30.6 Å². The molecule has 0 heterocycles. The number of hydrogen-bond donors (Lipinski definition) is 2. The Morgan fingerprint density at radius 2 is 1.37 bits per heavy atom. The molecule has 0 aromatic heterocycles. The molecule has 6 nitrogen and oxygen atoms in total. The lowest BCUT2D eigenvalue weighted by Crippen LogP contribution is -2.32. The van der Waals surface area contributed by atoms with Gasteiger partial charge >= 0.3 is 0 Å². The molecule has 0 fully saturated rings. The molecule has 0 bridgehead atoms. The molecule has 30 heavy (non-hydrogen) atoms. The smallest absolute Gasteiger partial charge is 0.246 e. The summed E-state index contributed by atoms with van der Waals surface area (Å²) in [5, 5.41) is 5.92. The summed E-state index contributed by atoms with van der Waals surface area (Å²) in [6, 6.07) is 18.3. The van der Waals surface area contributed by atoms with E-state index in [1.54, 1.807) is 68.6 Å². The van der Waals surface area contributed by atoms with Crippen LogP contribution in [0.1, 0.15) is 38.8 Å². The van der Waals surface area contributed by atoms with E-state index in [2.05, 4.69) is 10.6 Å². The number of ketones is 2. The van der Waals surface area contributed by atoms with Gasteiger partial charge in [-0.2, -0.15) is 0 Å². The topological polar surface area (TPSA) is 84.5 Å². The highest BCUT2D eigenvalue weighted by Gasteiger charge is 2.29. The Hall–Kier alpha value is -3.93. The monoisotopic (exact) mass is 400 g/mol. The van der Waals surface area contributed by atoms with Crippen molar-refractivity contribution in [3.05, 3.63) is 89.0 Å².